The summed E-state index contributed by atoms with van der Waals surface area (Å²) in [6, 6.07) is 10.5. The lowest BCUT2D eigenvalue weighted by Gasteiger charge is -2.11. The Labute approximate surface area is 84.8 Å². The fourth-order valence-corrected chi connectivity index (χ4v) is 1.77. The maximum atomic E-state index is 4.36. The Morgan fingerprint density at radius 3 is 2.79 bits per heavy atom. The van der Waals surface area contributed by atoms with Crippen molar-refractivity contribution < 1.29 is 0 Å². The summed E-state index contributed by atoms with van der Waals surface area (Å²) in [5, 5.41) is 1.30. The lowest BCUT2D eigenvalue weighted by molar-refractivity contribution is 0.739. The van der Waals surface area contributed by atoms with E-state index in [-0.39, 0.29) is 0 Å². The standard InChI is InChI=1S/C13H15N/c1-3-10(2)11-8-9-14-13-7-5-4-6-12(11)13/h4-10H,3H2,1-2H3. The summed E-state index contributed by atoms with van der Waals surface area (Å²) in [6.45, 7) is 4.49. The smallest absolute Gasteiger partial charge is 0.0704 e. The number of nitrogens with zero attached hydrogens (tertiary/aromatic N) is 1. The first-order valence-electron chi connectivity index (χ1n) is 5.16. The molecule has 0 fully saturated rings. The molecule has 0 saturated heterocycles. The predicted octanol–water partition coefficient (Wildman–Crippen LogP) is 3.75. The molecule has 1 atom stereocenters. The summed E-state index contributed by atoms with van der Waals surface area (Å²) in [5.74, 6) is 0.614. The van der Waals surface area contributed by atoms with Crippen LogP contribution in [0.15, 0.2) is 36.5 Å². The summed E-state index contributed by atoms with van der Waals surface area (Å²) in [4.78, 5) is 4.36. The molecule has 0 bridgehead atoms. The molecule has 1 heterocycles. The van der Waals surface area contributed by atoms with Crippen molar-refractivity contribution in [2.45, 2.75) is 26.2 Å². The third kappa shape index (κ3) is 1.50. The Hall–Kier alpha value is -1.37. The molecule has 0 radical (unpaired) electrons. The fraction of sp³-hybridized carbons (Fsp3) is 0.308. The van der Waals surface area contributed by atoms with Crippen molar-refractivity contribution in [3.05, 3.63) is 42.1 Å². The van der Waals surface area contributed by atoms with Crippen molar-refractivity contribution in [3.63, 3.8) is 0 Å². The average molecular weight is 185 g/mol. The van der Waals surface area contributed by atoms with Crippen LogP contribution in [0.2, 0.25) is 0 Å². The van der Waals surface area contributed by atoms with E-state index in [4.69, 9.17) is 0 Å². The first-order chi connectivity index (χ1) is 6.83. The Kier molecular flexibility index (Phi) is 2.49. The molecule has 0 aliphatic carbocycles. The highest BCUT2D eigenvalue weighted by atomic mass is 14.6. The summed E-state index contributed by atoms with van der Waals surface area (Å²) < 4.78 is 0. The molecule has 2 rings (SSSR count). The van der Waals surface area contributed by atoms with Crippen LogP contribution in [0, 0.1) is 0 Å². The molecule has 0 amide bonds. The van der Waals surface area contributed by atoms with Crippen LogP contribution in [0.1, 0.15) is 31.7 Å². The van der Waals surface area contributed by atoms with Gasteiger partial charge >= 0.3 is 0 Å². The molecule has 1 nitrogen and oxygen atoms in total. The number of benzene rings is 1. The van der Waals surface area contributed by atoms with Crippen LogP contribution >= 0.6 is 0 Å². The minimum Gasteiger partial charge on any atom is -0.256 e. The van der Waals surface area contributed by atoms with Gasteiger partial charge in [0.15, 0.2) is 0 Å². The Bertz CT molecular complexity index is 429. The van der Waals surface area contributed by atoms with E-state index in [9.17, 15) is 0 Å². The van der Waals surface area contributed by atoms with Gasteiger partial charge in [-0.2, -0.15) is 0 Å². The molecule has 1 aromatic carbocycles. The number of pyridine rings is 1. The molecule has 1 aromatic heterocycles. The summed E-state index contributed by atoms with van der Waals surface area (Å²) in [6.07, 6.45) is 3.08. The highest BCUT2D eigenvalue weighted by molar-refractivity contribution is 5.82. The van der Waals surface area contributed by atoms with E-state index in [1.165, 1.54) is 17.4 Å². The van der Waals surface area contributed by atoms with E-state index in [1.54, 1.807) is 0 Å². The first-order valence-corrected chi connectivity index (χ1v) is 5.16. The van der Waals surface area contributed by atoms with Crippen LogP contribution in [-0.4, -0.2) is 4.98 Å². The molecular formula is C13H15N. The van der Waals surface area contributed by atoms with Gasteiger partial charge in [-0.1, -0.05) is 32.0 Å². The molecule has 2 aromatic rings. The van der Waals surface area contributed by atoms with E-state index in [2.05, 4.69) is 43.1 Å². The third-order valence-corrected chi connectivity index (χ3v) is 2.83. The summed E-state index contributed by atoms with van der Waals surface area (Å²) in [5.41, 5.74) is 2.52. The number of hydrogen-bond acceptors (Lipinski definition) is 1. The maximum Gasteiger partial charge on any atom is 0.0704 e. The van der Waals surface area contributed by atoms with Crippen molar-refractivity contribution >= 4 is 10.9 Å². The zero-order valence-corrected chi connectivity index (χ0v) is 8.70. The monoisotopic (exact) mass is 185 g/mol. The Balaban J connectivity index is 2.65. The molecule has 1 unspecified atom stereocenters. The van der Waals surface area contributed by atoms with Crippen LogP contribution in [0.4, 0.5) is 0 Å². The Morgan fingerprint density at radius 2 is 2.00 bits per heavy atom. The highest BCUT2D eigenvalue weighted by Gasteiger charge is 2.06. The minimum atomic E-state index is 0.614. The van der Waals surface area contributed by atoms with Gasteiger partial charge in [0.05, 0.1) is 5.52 Å². The Morgan fingerprint density at radius 1 is 1.21 bits per heavy atom. The highest BCUT2D eigenvalue weighted by Crippen LogP contribution is 2.25. The molecule has 1 heteroatoms. The minimum absolute atomic E-state index is 0.614. The topological polar surface area (TPSA) is 12.9 Å². The molecule has 0 saturated carbocycles. The van der Waals surface area contributed by atoms with Gasteiger partial charge in [-0.3, -0.25) is 4.98 Å². The van der Waals surface area contributed by atoms with Crippen molar-refractivity contribution in [2.75, 3.05) is 0 Å². The predicted molar refractivity (Wildman–Crippen MR) is 60.4 cm³/mol. The lowest BCUT2D eigenvalue weighted by atomic mass is 9.95. The maximum absolute atomic E-state index is 4.36. The van der Waals surface area contributed by atoms with Gasteiger partial charge in [-0.05, 0) is 30.0 Å². The van der Waals surface area contributed by atoms with E-state index in [0.717, 1.165) is 5.52 Å². The molecule has 0 N–H and O–H groups in total. The first kappa shape index (κ1) is 9.20. The molecule has 0 aliphatic rings. The van der Waals surface area contributed by atoms with Gasteiger partial charge < -0.3 is 0 Å². The van der Waals surface area contributed by atoms with Crippen LogP contribution in [0.5, 0.6) is 0 Å². The van der Waals surface area contributed by atoms with Gasteiger partial charge in [0, 0.05) is 11.6 Å². The van der Waals surface area contributed by atoms with Gasteiger partial charge in [0.1, 0.15) is 0 Å². The van der Waals surface area contributed by atoms with E-state index < -0.39 is 0 Å². The molecule has 72 valence electrons. The second kappa shape index (κ2) is 3.79. The van der Waals surface area contributed by atoms with E-state index in [0.29, 0.717) is 5.92 Å². The average Bonchev–Trinajstić information content (AvgIpc) is 2.27. The third-order valence-electron chi connectivity index (χ3n) is 2.83. The SMILES string of the molecule is CCC(C)c1ccnc2ccccc12. The second-order valence-electron chi connectivity index (χ2n) is 3.73. The van der Waals surface area contributed by atoms with Crippen LogP contribution in [0.25, 0.3) is 10.9 Å². The number of aromatic nitrogens is 1. The zero-order chi connectivity index (χ0) is 9.97. The summed E-state index contributed by atoms with van der Waals surface area (Å²) in [7, 11) is 0. The quantitative estimate of drug-likeness (QED) is 0.694. The van der Waals surface area contributed by atoms with E-state index in [1.807, 2.05) is 12.3 Å². The van der Waals surface area contributed by atoms with Crippen LogP contribution in [0.3, 0.4) is 0 Å². The zero-order valence-electron chi connectivity index (χ0n) is 8.70. The van der Waals surface area contributed by atoms with Gasteiger partial charge in [-0.25, -0.2) is 0 Å². The molecular weight excluding hydrogens is 170 g/mol. The van der Waals surface area contributed by atoms with Crippen molar-refractivity contribution in [2.24, 2.45) is 0 Å². The second-order valence-corrected chi connectivity index (χ2v) is 3.73. The van der Waals surface area contributed by atoms with E-state index >= 15 is 0 Å². The normalized spacial score (nSPS) is 13.0. The van der Waals surface area contributed by atoms with Gasteiger partial charge in [0.2, 0.25) is 0 Å². The van der Waals surface area contributed by atoms with Gasteiger partial charge in [-0.15, -0.1) is 0 Å². The van der Waals surface area contributed by atoms with Crippen molar-refractivity contribution in [1.82, 2.24) is 4.98 Å². The molecule has 0 spiro atoms. The number of rotatable bonds is 2. The number of para-hydroxylation sites is 1. The molecule has 0 aliphatic heterocycles. The van der Waals surface area contributed by atoms with Gasteiger partial charge in [0.25, 0.3) is 0 Å². The van der Waals surface area contributed by atoms with Crippen molar-refractivity contribution in [1.29, 1.82) is 0 Å². The lowest BCUT2D eigenvalue weighted by Crippen LogP contribution is -1.93. The largest absolute Gasteiger partial charge is 0.256 e. The summed E-state index contributed by atoms with van der Waals surface area (Å²) >= 11 is 0. The van der Waals surface area contributed by atoms with Crippen molar-refractivity contribution in [3.8, 4) is 0 Å². The number of hydrogen-bond donors (Lipinski definition) is 0. The number of fused-ring (bicyclic) bond motifs is 1. The van der Waals surface area contributed by atoms with Crippen LogP contribution < -0.4 is 0 Å². The molecule has 14 heavy (non-hydrogen) atoms. The fourth-order valence-electron chi connectivity index (χ4n) is 1.77. The van der Waals surface area contributed by atoms with Crippen LogP contribution in [-0.2, 0) is 0 Å².